The minimum Gasteiger partial charge on any atom is -0.456 e. The summed E-state index contributed by atoms with van der Waals surface area (Å²) in [4.78, 5) is 15.2. The van der Waals surface area contributed by atoms with E-state index in [1.165, 1.54) is 49.9 Å². The normalized spacial score (nSPS) is 17.6. The molecule has 7 aromatic rings. The molecule has 0 aliphatic heterocycles. The molecule has 1 unspecified atom stereocenters. The second kappa shape index (κ2) is 12.4. The van der Waals surface area contributed by atoms with Crippen molar-refractivity contribution in [2.45, 2.75) is 38.0 Å². The number of furan rings is 1. The van der Waals surface area contributed by atoms with Crippen LogP contribution in [0.15, 0.2) is 162 Å². The second-order valence-electron chi connectivity index (χ2n) is 14.3. The summed E-state index contributed by atoms with van der Waals surface area (Å²) in [6.07, 6.45) is 16.6. The van der Waals surface area contributed by atoms with Gasteiger partial charge in [0.1, 0.15) is 11.2 Å². The number of nitrogens with zero attached hydrogens (tertiary/aromatic N) is 3. The third kappa shape index (κ3) is 5.01. The van der Waals surface area contributed by atoms with Gasteiger partial charge >= 0.3 is 0 Å². The number of para-hydroxylation sites is 1. The highest BCUT2D eigenvalue weighted by molar-refractivity contribution is 6.07. The molecule has 0 saturated heterocycles. The van der Waals surface area contributed by atoms with Gasteiger partial charge in [0, 0.05) is 32.9 Å². The average molecular weight is 684 g/mol. The van der Waals surface area contributed by atoms with Crippen LogP contribution in [0.1, 0.15) is 54.3 Å². The number of benzene rings is 5. The number of aromatic nitrogens is 3. The van der Waals surface area contributed by atoms with E-state index in [0.29, 0.717) is 17.5 Å². The minimum absolute atomic E-state index is 0.321. The first-order chi connectivity index (χ1) is 26.1. The van der Waals surface area contributed by atoms with E-state index < -0.39 is 0 Å². The quantitative estimate of drug-likeness (QED) is 0.169. The molecule has 1 atom stereocenters. The van der Waals surface area contributed by atoms with E-state index in [1.807, 2.05) is 61.6 Å². The summed E-state index contributed by atoms with van der Waals surface area (Å²) in [7, 11) is 0. The summed E-state index contributed by atoms with van der Waals surface area (Å²) in [5.41, 5.74) is 14.9. The summed E-state index contributed by atoms with van der Waals surface area (Å²) in [5, 5.41) is 2.32. The maximum absolute atomic E-state index is 6.50. The Morgan fingerprint density at radius 2 is 1.45 bits per heavy atom. The summed E-state index contributed by atoms with van der Waals surface area (Å²) in [6.45, 7) is 6.10. The Hall–Kier alpha value is -6.39. The zero-order chi connectivity index (χ0) is 35.5. The van der Waals surface area contributed by atoms with Crippen LogP contribution < -0.4 is 0 Å². The first kappa shape index (κ1) is 31.4. The number of fused-ring (bicyclic) bond motifs is 11. The Balaban J connectivity index is 1.25. The third-order valence-corrected chi connectivity index (χ3v) is 11.3. The lowest BCUT2D eigenvalue weighted by Crippen LogP contribution is -2.38. The van der Waals surface area contributed by atoms with Gasteiger partial charge in [-0.2, -0.15) is 0 Å². The molecule has 0 N–H and O–H groups in total. The van der Waals surface area contributed by atoms with Gasteiger partial charge in [-0.25, -0.2) is 15.0 Å². The van der Waals surface area contributed by atoms with Crippen molar-refractivity contribution in [3.05, 3.63) is 186 Å². The van der Waals surface area contributed by atoms with E-state index in [9.17, 15) is 0 Å². The fourth-order valence-electron chi connectivity index (χ4n) is 8.84. The Labute approximate surface area is 309 Å². The Bertz CT molecular complexity index is 2760. The molecule has 4 heteroatoms. The van der Waals surface area contributed by atoms with Crippen molar-refractivity contribution < 1.29 is 4.42 Å². The molecular formula is C49H37N3O. The first-order valence-corrected chi connectivity index (χ1v) is 18.5. The highest BCUT2D eigenvalue weighted by Crippen LogP contribution is 2.58. The number of rotatable bonds is 5. The zero-order valence-corrected chi connectivity index (χ0v) is 29.6. The molecule has 0 bridgehead atoms. The molecule has 254 valence electrons. The molecule has 0 fully saturated rings. The van der Waals surface area contributed by atoms with Gasteiger partial charge in [0.05, 0.1) is 0 Å². The molecule has 10 rings (SSSR count). The van der Waals surface area contributed by atoms with Crippen molar-refractivity contribution in [2.24, 2.45) is 0 Å². The monoisotopic (exact) mass is 683 g/mol. The van der Waals surface area contributed by atoms with Gasteiger partial charge in [0.15, 0.2) is 17.5 Å². The molecule has 4 nitrogen and oxygen atoms in total. The molecule has 0 radical (unpaired) electrons. The third-order valence-electron chi connectivity index (χ3n) is 11.3. The maximum atomic E-state index is 6.50. The van der Waals surface area contributed by atoms with Crippen LogP contribution in [-0.4, -0.2) is 15.0 Å². The zero-order valence-electron chi connectivity index (χ0n) is 29.6. The van der Waals surface area contributed by atoms with Gasteiger partial charge in [0.2, 0.25) is 0 Å². The fourth-order valence-corrected chi connectivity index (χ4v) is 8.84. The predicted octanol–water partition coefficient (Wildman–Crippen LogP) is 12.3. The molecule has 53 heavy (non-hydrogen) atoms. The number of hydrogen-bond acceptors (Lipinski definition) is 4. The molecule has 2 heterocycles. The molecule has 2 aromatic heterocycles. The predicted molar refractivity (Wildman–Crippen MR) is 217 cm³/mol. The van der Waals surface area contributed by atoms with E-state index in [4.69, 9.17) is 19.4 Å². The second-order valence-corrected chi connectivity index (χ2v) is 14.3. The highest BCUT2D eigenvalue weighted by atomic mass is 16.3. The van der Waals surface area contributed by atoms with Crippen LogP contribution in [0.3, 0.4) is 0 Å². The summed E-state index contributed by atoms with van der Waals surface area (Å²) < 4.78 is 6.50. The average Bonchev–Trinajstić information content (AvgIpc) is 3.58. The smallest absolute Gasteiger partial charge is 0.164 e. The first-order valence-electron chi connectivity index (χ1n) is 18.5. The molecule has 0 amide bonds. The van der Waals surface area contributed by atoms with Crippen molar-refractivity contribution in [3.63, 3.8) is 0 Å². The molecule has 5 aromatic carbocycles. The lowest BCUT2D eigenvalue weighted by Gasteiger charge is -2.46. The van der Waals surface area contributed by atoms with Gasteiger partial charge in [0.25, 0.3) is 0 Å². The van der Waals surface area contributed by atoms with Crippen molar-refractivity contribution in [3.8, 4) is 33.9 Å². The fraction of sp³-hybridized carbons (Fsp3) is 0.122. The Kier molecular flexibility index (Phi) is 7.33. The number of allylic oxidation sites excluding steroid dienone is 9. The van der Waals surface area contributed by atoms with E-state index in [0.717, 1.165) is 58.9 Å². The van der Waals surface area contributed by atoms with Crippen LogP contribution in [0.4, 0.5) is 0 Å². The minimum atomic E-state index is -0.321. The van der Waals surface area contributed by atoms with Gasteiger partial charge in [-0.15, -0.1) is 0 Å². The molecule has 1 spiro atoms. The SMILES string of the molecule is C=C/C(=C\C=C/C)c1nc(-c2ccccc2)nc(-c2ccc3c(c2)C2(CC4=CCCC=C4c4cc5oc6ccccc6c5cc42)Cc2ccccc2-3)n1. The summed E-state index contributed by atoms with van der Waals surface area (Å²) in [6, 6.07) is 39.1. The molecule has 0 saturated carbocycles. The van der Waals surface area contributed by atoms with Crippen LogP contribution in [0.2, 0.25) is 0 Å². The van der Waals surface area contributed by atoms with Gasteiger partial charge in [-0.05, 0) is 101 Å². The van der Waals surface area contributed by atoms with Crippen LogP contribution in [0, 0.1) is 0 Å². The van der Waals surface area contributed by atoms with E-state index >= 15 is 0 Å². The van der Waals surface area contributed by atoms with Crippen molar-refractivity contribution in [1.82, 2.24) is 15.0 Å². The Morgan fingerprint density at radius 1 is 0.679 bits per heavy atom. The van der Waals surface area contributed by atoms with Crippen LogP contribution in [0.5, 0.6) is 0 Å². The Morgan fingerprint density at radius 3 is 2.32 bits per heavy atom. The van der Waals surface area contributed by atoms with Crippen LogP contribution >= 0.6 is 0 Å². The van der Waals surface area contributed by atoms with Gasteiger partial charge in [-0.1, -0.05) is 128 Å². The lowest BCUT2D eigenvalue weighted by molar-refractivity contribution is 0.495. The molecule has 3 aliphatic carbocycles. The van der Waals surface area contributed by atoms with Crippen LogP contribution in [-0.2, 0) is 11.8 Å². The lowest BCUT2D eigenvalue weighted by atomic mass is 9.56. The van der Waals surface area contributed by atoms with Crippen molar-refractivity contribution >= 4 is 33.1 Å². The van der Waals surface area contributed by atoms with Crippen molar-refractivity contribution in [2.75, 3.05) is 0 Å². The van der Waals surface area contributed by atoms with E-state index in [2.05, 4.69) is 97.6 Å². The largest absolute Gasteiger partial charge is 0.456 e. The van der Waals surface area contributed by atoms with Gasteiger partial charge < -0.3 is 4.42 Å². The van der Waals surface area contributed by atoms with Crippen LogP contribution in [0.25, 0.3) is 67.0 Å². The van der Waals surface area contributed by atoms with Crippen molar-refractivity contribution in [1.29, 1.82) is 0 Å². The van der Waals surface area contributed by atoms with Gasteiger partial charge in [-0.3, -0.25) is 0 Å². The van der Waals surface area contributed by atoms with E-state index in [-0.39, 0.29) is 5.41 Å². The summed E-state index contributed by atoms with van der Waals surface area (Å²) >= 11 is 0. The highest BCUT2D eigenvalue weighted by Gasteiger charge is 2.46. The standard InChI is InChI=1S/C49H37N3O/c1-3-5-15-31(4-2)46-50-47(32-16-7-6-8-17-32)52-48(51-46)33-24-25-38-36-20-11-9-18-34(36)29-49(42(38)26-33)30-35-19-10-12-21-37(35)40-28-45-41(27-43(40)49)39-22-13-14-23-44(39)53-45/h3-9,11,13-28H,2,10,12,29-30H2,1H3/b5-3-,31-15+. The van der Waals surface area contributed by atoms with E-state index in [1.54, 1.807) is 0 Å². The molecular weight excluding hydrogens is 647 g/mol. The number of hydrogen-bond donors (Lipinski definition) is 0. The maximum Gasteiger partial charge on any atom is 0.164 e. The topological polar surface area (TPSA) is 51.8 Å². The molecule has 3 aliphatic rings. The summed E-state index contributed by atoms with van der Waals surface area (Å²) in [5.74, 6) is 1.87.